The fourth-order valence-electron chi connectivity index (χ4n) is 5.45. The van der Waals surface area contributed by atoms with E-state index in [0.29, 0.717) is 79.4 Å². The average Bonchev–Trinajstić information content (AvgIpc) is 3.56. The molecule has 51 heavy (non-hydrogen) atoms. The molecule has 274 valence electrons. The molecule has 0 radical (unpaired) electrons. The summed E-state index contributed by atoms with van der Waals surface area (Å²) in [6.45, 7) is 7.28. The van der Waals surface area contributed by atoms with Crippen molar-refractivity contribution in [3.8, 4) is 23.3 Å². The summed E-state index contributed by atoms with van der Waals surface area (Å²) in [5, 5.41) is 9.42. The van der Waals surface area contributed by atoms with E-state index in [2.05, 4.69) is 26.7 Å². The molecule has 2 aromatic heterocycles. The Morgan fingerprint density at radius 3 is 1.96 bits per heavy atom. The Morgan fingerprint density at radius 2 is 1.43 bits per heavy atom. The summed E-state index contributed by atoms with van der Waals surface area (Å²) < 4.78 is 20.2. The number of nitrogen functional groups attached to an aromatic ring is 2. The summed E-state index contributed by atoms with van der Waals surface area (Å²) in [5.74, 6) is 5.45. The molecule has 4 aromatic rings. The van der Waals surface area contributed by atoms with Crippen LogP contribution in [-0.2, 0) is 17.8 Å². The molecule has 1 aliphatic rings. The van der Waals surface area contributed by atoms with Crippen molar-refractivity contribution in [1.29, 1.82) is 0 Å². The number of halogens is 2. The van der Waals surface area contributed by atoms with E-state index in [-0.39, 0.29) is 75.8 Å². The number of carbonyl (C=O) groups excluding carboxylic acids is 2. The number of ether oxygens (including phenoxy) is 3. The first-order valence-electron chi connectivity index (χ1n) is 15.5. The van der Waals surface area contributed by atoms with Crippen LogP contribution in [0.3, 0.4) is 0 Å². The Morgan fingerprint density at radius 1 is 0.882 bits per heavy atom. The molecule has 5 rings (SSSR count). The van der Waals surface area contributed by atoms with Gasteiger partial charge in [-0.1, -0.05) is 24.0 Å². The number of anilines is 2. The van der Waals surface area contributed by atoms with Gasteiger partial charge < -0.3 is 50.6 Å². The standard InChI is InChI=1S/C33H39N9O7.2BrH/c1-20(2)49-33(46)40-13-11-39(12-14-40)8-6-7-15-48-26-18-21(29(34)43)16-23-28(26)42(32(36)37-23)10-5-4-9-41-27-24(38-31(41)35)17-22(30(44)45)19-25(27)47-3;;/h4-5,16-20H,8-15H2,1-3H3,(H2,34,43)(H2,35,38)(H2,36,37)(H,44,45);2*1H/b5-4+;;. The van der Waals surface area contributed by atoms with Crippen molar-refractivity contribution >= 4 is 85.9 Å². The van der Waals surface area contributed by atoms with Crippen LogP contribution < -0.4 is 26.7 Å². The molecule has 0 atom stereocenters. The summed E-state index contributed by atoms with van der Waals surface area (Å²) in [6, 6.07) is 5.96. The Kier molecular flexibility index (Phi) is 14.1. The van der Waals surface area contributed by atoms with Crippen LogP contribution in [0.15, 0.2) is 36.4 Å². The highest BCUT2D eigenvalue weighted by Gasteiger charge is 2.22. The van der Waals surface area contributed by atoms with E-state index in [1.807, 2.05) is 26.0 Å². The number of nitrogens with zero attached hydrogens (tertiary/aromatic N) is 6. The molecule has 18 heteroatoms. The maximum atomic E-state index is 12.1. The van der Waals surface area contributed by atoms with Crippen LogP contribution >= 0.6 is 34.0 Å². The third-order valence-electron chi connectivity index (χ3n) is 7.86. The number of carboxylic acids is 1. The molecular weight excluding hydrogens is 794 g/mol. The minimum Gasteiger partial charge on any atom is -0.494 e. The topological polar surface area (TPSA) is 219 Å². The Labute approximate surface area is 315 Å². The van der Waals surface area contributed by atoms with Gasteiger partial charge in [-0.25, -0.2) is 19.6 Å². The lowest BCUT2D eigenvalue weighted by molar-refractivity contribution is 0.0593. The second-order valence-electron chi connectivity index (χ2n) is 11.5. The second kappa shape index (κ2) is 17.8. The van der Waals surface area contributed by atoms with Crippen LogP contribution in [0.1, 0.15) is 34.6 Å². The van der Waals surface area contributed by atoms with E-state index < -0.39 is 11.9 Å². The zero-order chi connectivity index (χ0) is 35.2. The number of methoxy groups -OCH3 is 1. The first kappa shape index (κ1) is 40.4. The Bertz CT molecular complexity index is 1990. The number of amides is 2. The van der Waals surface area contributed by atoms with Gasteiger partial charge in [0, 0.05) is 44.8 Å². The number of imidazole rings is 2. The summed E-state index contributed by atoms with van der Waals surface area (Å²) in [4.78, 5) is 48.3. The number of carbonyl (C=O) groups is 3. The monoisotopic (exact) mass is 833 g/mol. The molecule has 7 N–H and O–H groups in total. The quantitative estimate of drug-likeness (QED) is 0.126. The van der Waals surface area contributed by atoms with Crippen molar-refractivity contribution < 1.29 is 33.7 Å². The zero-order valence-electron chi connectivity index (χ0n) is 28.3. The lowest BCUT2D eigenvalue weighted by Crippen LogP contribution is -2.49. The molecule has 2 aromatic carbocycles. The molecule has 0 bridgehead atoms. The number of benzene rings is 2. The number of piperazine rings is 1. The van der Waals surface area contributed by atoms with Crippen LogP contribution in [0.25, 0.3) is 22.1 Å². The number of fused-ring (bicyclic) bond motifs is 2. The SMILES string of the molecule is Br.Br.COc1cc(C(=O)O)cc2nc(N)n(C/C=C/Cn3c(N)nc4cc(C(N)=O)cc(OCC#CCN5CCN(C(=O)OC(C)C)CC5)c43)c12. The van der Waals surface area contributed by atoms with Gasteiger partial charge in [0.05, 0.1) is 36.4 Å². The number of hydrogen-bond acceptors (Lipinski definition) is 11. The van der Waals surface area contributed by atoms with Gasteiger partial charge >= 0.3 is 12.1 Å². The van der Waals surface area contributed by atoms with Crippen LogP contribution in [0, 0.1) is 11.8 Å². The van der Waals surface area contributed by atoms with E-state index in [1.165, 1.54) is 19.2 Å². The minimum atomic E-state index is -1.10. The lowest BCUT2D eigenvalue weighted by atomic mass is 10.1. The van der Waals surface area contributed by atoms with Crippen LogP contribution in [-0.4, -0.2) is 105 Å². The second-order valence-corrected chi connectivity index (χ2v) is 11.5. The molecule has 3 heterocycles. The fourth-order valence-corrected chi connectivity index (χ4v) is 5.45. The third kappa shape index (κ3) is 9.42. The molecule has 0 saturated carbocycles. The maximum absolute atomic E-state index is 12.1. The highest BCUT2D eigenvalue weighted by Crippen LogP contribution is 2.31. The largest absolute Gasteiger partial charge is 0.494 e. The lowest BCUT2D eigenvalue weighted by Gasteiger charge is -2.33. The van der Waals surface area contributed by atoms with Gasteiger partial charge in [-0.05, 0) is 38.1 Å². The van der Waals surface area contributed by atoms with Gasteiger partial charge in [-0.2, -0.15) is 0 Å². The molecular formula is C33H41Br2N9O7. The molecule has 0 aliphatic carbocycles. The molecule has 0 spiro atoms. The van der Waals surface area contributed by atoms with Gasteiger partial charge in [0.2, 0.25) is 17.8 Å². The number of primary amides is 1. The number of allylic oxidation sites excluding steroid dienone is 2. The highest BCUT2D eigenvalue weighted by molar-refractivity contribution is 8.93. The predicted molar refractivity (Wildman–Crippen MR) is 203 cm³/mol. The van der Waals surface area contributed by atoms with Crippen molar-refractivity contribution in [2.24, 2.45) is 5.73 Å². The Hall–Kier alpha value is -4.99. The number of aromatic nitrogens is 4. The van der Waals surface area contributed by atoms with E-state index in [4.69, 9.17) is 31.4 Å². The molecule has 1 aliphatic heterocycles. The van der Waals surface area contributed by atoms with Crippen LogP contribution in [0.2, 0.25) is 0 Å². The molecule has 2 amide bonds. The number of rotatable bonds is 11. The molecule has 16 nitrogen and oxygen atoms in total. The average molecular weight is 836 g/mol. The number of hydrogen-bond donors (Lipinski definition) is 4. The number of carboxylic acid groups (broad SMARTS) is 1. The van der Waals surface area contributed by atoms with Crippen molar-refractivity contribution in [2.45, 2.75) is 33.0 Å². The zero-order valence-corrected chi connectivity index (χ0v) is 31.8. The fraction of sp³-hybridized carbons (Fsp3) is 0.364. The van der Waals surface area contributed by atoms with Gasteiger partial charge in [0.25, 0.3) is 0 Å². The van der Waals surface area contributed by atoms with Gasteiger partial charge in [0.1, 0.15) is 29.1 Å². The van der Waals surface area contributed by atoms with Gasteiger partial charge in [-0.15, -0.1) is 34.0 Å². The third-order valence-corrected chi connectivity index (χ3v) is 7.86. The van der Waals surface area contributed by atoms with E-state index in [1.54, 1.807) is 26.2 Å². The molecule has 1 saturated heterocycles. The Balaban J connectivity index is 0.00000351. The summed E-state index contributed by atoms with van der Waals surface area (Å²) in [6.07, 6.45) is 3.24. The molecule has 1 fully saturated rings. The normalized spacial score (nSPS) is 13.1. The number of nitrogens with two attached hydrogens (primary N) is 3. The summed E-state index contributed by atoms with van der Waals surface area (Å²) in [5.41, 5.74) is 20.2. The number of aromatic carboxylic acids is 1. The highest BCUT2D eigenvalue weighted by atomic mass is 79.9. The summed E-state index contributed by atoms with van der Waals surface area (Å²) >= 11 is 0. The van der Waals surface area contributed by atoms with Gasteiger partial charge in [-0.3, -0.25) is 9.69 Å². The van der Waals surface area contributed by atoms with Crippen molar-refractivity contribution in [3.63, 3.8) is 0 Å². The van der Waals surface area contributed by atoms with Crippen molar-refractivity contribution in [3.05, 3.63) is 47.5 Å². The van der Waals surface area contributed by atoms with Gasteiger partial charge in [0.15, 0.2) is 0 Å². The van der Waals surface area contributed by atoms with Crippen molar-refractivity contribution in [1.82, 2.24) is 28.9 Å². The first-order chi connectivity index (χ1) is 23.5. The van der Waals surface area contributed by atoms with Crippen LogP contribution in [0.5, 0.6) is 11.5 Å². The maximum Gasteiger partial charge on any atom is 0.410 e. The van der Waals surface area contributed by atoms with E-state index in [0.717, 1.165) is 0 Å². The van der Waals surface area contributed by atoms with E-state index in [9.17, 15) is 19.5 Å². The van der Waals surface area contributed by atoms with Crippen LogP contribution in [0.4, 0.5) is 16.7 Å². The first-order valence-corrected chi connectivity index (χ1v) is 15.5. The van der Waals surface area contributed by atoms with Crippen molar-refractivity contribution in [2.75, 3.05) is 57.9 Å². The minimum absolute atomic E-state index is 0. The predicted octanol–water partition coefficient (Wildman–Crippen LogP) is 3.31. The smallest absolute Gasteiger partial charge is 0.410 e. The van der Waals surface area contributed by atoms with E-state index >= 15 is 0 Å². The molecule has 0 unspecified atom stereocenters. The summed E-state index contributed by atoms with van der Waals surface area (Å²) in [7, 11) is 1.45.